The van der Waals surface area contributed by atoms with Crippen molar-refractivity contribution >= 4 is 24.8 Å². The first-order chi connectivity index (χ1) is 16.6. The van der Waals surface area contributed by atoms with Gasteiger partial charge >= 0.3 is 0 Å². The van der Waals surface area contributed by atoms with Crippen LogP contribution in [0.25, 0.3) is 0 Å². The molecule has 2 aromatic rings. The number of piperidine rings is 1. The molecule has 0 spiro atoms. The van der Waals surface area contributed by atoms with Gasteiger partial charge in [-0.15, -0.1) is 24.8 Å². The third-order valence-electron chi connectivity index (χ3n) is 8.40. The van der Waals surface area contributed by atoms with E-state index in [1.54, 1.807) is 28.4 Å². The Bertz CT molecular complexity index is 1050. The maximum atomic E-state index is 5.67. The van der Waals surface area contributed by atoms with Crippen molar-refractivity contribution in [2.75, 3.05) is 48.1 Å². The molecule has 36 heavy (non-hydrogen) atoms. The number of hydrogen-bond donors (Lipinski definition) is 1. The molecule has 5 rings (SSSR count). The lowest BCUT2D eigenvalue weighted by molar-refractivity contribution is 0.0405. The van der Waals surface area contributed by atoms with Crippen LogP contribution in [0.5, 0.6) is 23.0 Å². The molecule has 1 fully saturated rings. The van der Waals surface area contributed by atoms with Crippen LogP contribution in [0.1, 0.15) is 54.1 Å². The van der Waals surface area contributed by atoms with E-state index in [2.05, 4.69) is 41.4 Å². The minimum Gasteiger partial charge on any atom is -0.493 e. The SMILES string of the molecule is COc1cc2c(cc1OC)[C@@H]1[C@H](C)[C@H](C[C@H]3NCCc4cc(OC)c(OC)cc43)CCN1CC2.Cl.Cl. The molecular weight excluding hydrogens is 499 g/mol. The second-order valence-corrected chi connectivity index (χ2v) is 9.94. The van der Waals surface area contributed by atoms with E-state index < -0.39 is 0 Å². The van der Waals surface area contributed by atoms with Crippen molar-refractivity contribution in [3.05, 3.63) is 46.5 Å². The van der Waals surface area contributed by atoms with Crippen molar-refractivity contribution < 1.29 is 18.9 Å². The van der Waals surface area contributed by atoms with Crippen molar-refractivity contribution in [2.45, 2.75) is 44.7 Å². The Hall–Kier alpha value is -1.86. The van der Waals surface area contributed by atoms with Gasteiger partial charge in [0, 0.05) is 18.6 Å². The third kappa shape index (κ3) is 5.10. The molecule has 0 unspecified atom stereocenters. The van der Waals surface area contributed by atoms with Crippen LogP contribution in [0.4, 0.5) is 0 Å². The summed E-state index contributed by atoms with van der Waals surface area (Å²) in [6.07, 6.45) is 4.47. The number of nitrogens with one attached hydrogen (secondary N) is 1. The molecule has 0 radical (unpaired) electrons. The van der Waals surface area contributed by atoms with Crippen molar-refractivity contribution in [3.8, 4) is 23.0 Å². The van der Waals surface area contributed by atoms with Crippen molar-refractivity contribution in [3.63, 3.8) is 0 Å². The number of ether oxygens (including phenoxy) is 4. The second kappa shape index (κ2) is 12.1. The molecule has 6 nitrogen and oxygen atoms in total. The average molecular weight is 540 g/mol. The maximum absolute atomic E-state index is 5.67. The van der Waals surface area contributed by atoms with Gasteiger partial charge in [-0.3, -0.25) is 4.90 Å². The smallest absolute Gasteiger partial charge is 0.161 e. The highest BCUT2D eigenvalue weighted by Crippen LogP contribution is 2.48. The topological polar surface area (TPSA) is 52.2 Å². The number of hydrogen-bond acceptors (Lipinski definition) is 6. The zero-order valence-electron chi connectivity index (χ0n) is 22.0. The average Bonchev–Trinajstić information content (AvgIpc) is 2.88. The molecule has 1 saturated heterocycles. The van der Waals surface area contributed by atoms with E-state index in [-0.39, 0.29) is 24.8 Å². The lowest BCUT2D eigenvalue weighted by Gasteiger charge is -2.48. The molecule has 200 valence electrons. The van der Waals surface area contributed by atoms with Crippen LogP contribution in [0.15, 0.2) is 24.3 Å². The standard InChI is InChI=1S/C28H38N2O4.2ClH/c1-17-18(12-23-21-15-26(33-4)24(31-2)13-19(21)6-9-29-23)7-10-30-11-8-20-14-25(32-3)27(34-5)16-22(20)28(17)30;;/h13-18,23,28-29H,6-12H2,1-5H3;2*1H/t17-,18+,23-,28+;;/m1../s1. The fourth-order valence-electron chi connectivity index (χ4n) is 6.56. The van der Waals surface area contributed by atoms with Crippen LogP contribution in [0.2, 0.25) is 0 Å². The van der Waals surface area contributed by atoms with Crippen LogP contribution in [0.3, 0.4) is 0 Å². The molecule has 3 heterocycles. The quantitative estimate of drug-likeness (QED) is 0.531. The van der Waals surface area contributed by atoms with Crippen LogP contribution in [0, 0.1) is 11.8 Å². The van der Waals surface area contributed by atoms with Gasteiger partial charge in [0.2, 0.25) is 0 Å². The summed E-state index contributed by atoms with van der Waals surface area (Å²) in [5, 5.41) is 3.81. The molecule has 1 N–H and O–H groups in total. The van der Waals surface area contributed by atoms with Crippen molar-refractivity contribution in [1.82, 2.24) is 10.2 Å². The first-order valence-corrected chi connectivity index (χ1v) is 12.5. The summed E-state index contributed by atoms with van der Waals surface area (Å²) >= 11 is 0. The molecule has 0 amide bonds. The Morgan fingerprint density at radius 2 is 1.33 bits per heavy atom. The van der Waals surface area contributed by atoms with Gasteiger partial charge in [0.15, 0.2) is 23.0 Å². The molecular formula is C28H40Cl2N2O4. The zero-order valence-corrected chi connectivity index (χ0v) is 23.6. The highest BCUT2D eigenvalue weighted by atomic mass is 35.5. The number of nitrogens with zero attached hydrogens (tertiary/aromatic N) is 1. The van der Waals surface area contributed by atoms with Gasteiger partial charge < -0.3 is 24.3 Å². The summed E-state index contributed by atoms with van der Waals surface area (Å²) in [5.41, 5.74) is 5.58. The Labute approximate surface area is 227 Å². The first kappa shape index (κ1) is 28.7. The van der Waals surface area contributed by atoms with Crippen molar-refractivity contribution in [1.29, 1.82) is 0 Å². The largest absolute Gasteiger partial charge is 0.493 e. The number of halogens is 2. The number of benzene rings is 2. The Morgan fingerprint density at radius 1 is 0.778 bits per heavy atom. The lowest BCUT2D eigenvalue weighted by atomic mass is 9.71. The highest BCUT2D eigenvalue weighted by Gasteiger charge is 2.41. The van der Waals surface area contributed by atoms with Crippen molar-refractivity contribution in [2.24, 2.45) is 11.8 Å². The van der Waals surface area contributed by atoms with Crippen LogP contribution < -0.4 is 24.3 Å². The fraction of sp³-hybridized carbons (Fsp3) is 0.571. The summed E-state index contributed by atoms with van der Waals surface area (Å²) in [4.78, 5) is 2.69. The number of rotatable bonds is 6. The molecule has 0 aromatic heterocycles. The molecule has 0 bridgehead atoms. The molecule has 8 heteroatoms. The van der Waals surface area contributed by atoms with E-state index in [1.807, 2.05) is 0 Å². The third-order valence-corrected chi connectivity index (χ3v) is 8.40. The predicted molar refractivity (Wildman–Crippen MR) is 148 cm³/mol. The highest BCUT2D eigenvalue weighted by molar-refractivity contribution is 5.85. The molecule has 2 aromatic carbocycles. The maximum Gasteiger partial charge on any atom is 0.161 e. The van der Waals surface area contributed by atoms with Gasteiger partial charge in [0.05, 0.1) is 28.4 Å². The monoisotopic (exact) mass is 538 g/mol. The van der Waals surface area contributed by atoms with Gasteiger partial charge in [0.25, 0.3) is 0 Å². The predicted octanol–water partition coefficient (Wildman–Crippen LogP) is 5.40. The minimum absolute atomic E-state index is 0. The Balaban J connectivity index is 0.00000180. The van der Waals surface area contributed by atoms with Crippen LogP contribution >= 0.6 is 24.8 Å². The summed E-state index contributed by atoms with van der Waals surface area (Å²) < 4.78 is 22.5. The van der Waals surface area contributed by atoms with E-state index in [4.69, 9.17) is 18.9 Å². The molecule has 3 aliphatic rings. The Kier molecular flexibility index (Phi) is 9.67. The summed E-state index contributed by atoms with van der Waals surface area (Å²) in [6.45, 7) is 5.72. The van der Waals surface area contributed by atoms with E-state index in [0.29, 0.717) is 23.9 Å². The van der Waals surface area contributed by atoms with Gasteiger partial charge in [-0.2, -0.15) is 0 Å². The normalized spacial score (nSPS) is 24.7. The van der Waals surface area contributed by atoms with Crippen LogP contribution in [-0.2, 0) is 12.8 Å². The molecule has 4 atom stereocenters. The zero-order chi connectivity index (χ0) is 23.8. The first-order valence-electron chi connectivity index (χ1n) is 12.5. The van der Waals surface area contributed by atoms with Crippen LogP contribution in [-0.4, -0.2) is 53.0 Å². The fourth-order valence-corrected chi connectivity index (χ4v) is 6.56. The number of fused-ring (bicyclic) bond motifs is 4. The molecule has 3 aliphatic heterocycles. The Morgan fingerprint density at radius 3 is 1.94 bits per heavy atom. The van der Waals surface area contributed by atoms with E-state index in [9.17, 15) is 0 Å². The summed E-state index contributed by atoms with van der Waals surface area (Å²) in [5.74, 6) is 4.50. The van der Waals surface area contributed by atoms with E-state index in [1.165, 1.54) is 28.7 Å². The molecule has 0 saturated carbocycles. The van der Waals surface area contributed by atoms with Gasteiger partial charge in [0.1, 0.15) is 0 Å². The second-order valence-electron chi connectivity index (χ2n) is 9.94. The van der Waals surface area contributed by atoms with Gasteiger partial charge in [-0.05, 0) is 97.1 Å². The molecule has 0 aliphatic carbocycles. The van der Waals surface area contributed by atoms with Gasteiger partial charge in [-0.1, -0.05) is 6.92 Å². The van der Waals surface area contributed by atoms with E-state index >= 15 is 0 Å². The van der Waals surface area contributed by atoms with Gasteiger partial charge in [-0.25, -0.2) is 0 Å². The summed E-state index contributed by atoms with van der Waals surface area (Å²) in [7, 11) is 6.88. The summed E-state index contributed by atoms with van der Waals surface area (Å²) in [6, 6.07) is 9.56. The van der Waals surface area contributed by atoms with E-state index in [0.717, 1.165) is 61.9 Å². The minimum atomic E-state index is 0. The lowest BCUT2D eigenvalue weighted by Crippen LogP contribution is -2.46. The number of methoxy groups -OCH3 is 4.